The minimum atomic E-state index is 0.539. The Balaban J connectivity index is 2.55. The number of hydrogen-bond acceptors (Lipinski definition) is 4. The van der Waals surface area contributed by atoms with Gasteiger partial charge in [0.25, 0.3) is 0 Å². The molecule has 0 bridgehead atoms. The molecule has 0 spiro atoms. The second kappa shape index (κ2) is 3.06. The van der Waals surface area contributed by atoms with Crippen molar-refractivity contribution in [1.82, 2.24) is 10.2 Å². The summed E-state index contributed by atoms with van der Waals surface area (Å²) in [6.45, 7) is 0. The molecule has 0 unspecified atom stereocenters. The molecule has 78 valence electrons. The topological polar surface area (TPSA) is 77.8 Å². The summed E-state index contributed by atoms with van der Waals surface area (Å²) in [6, 6.07) is 11.4. The van der Waals surface area contributed by atoms with Crippen molar-refractivity contribution in [3.05, 3.63) is 36.4 Å². The van der Waals surface area contributed by atoms with Crippen LogP contribution in [0.4, 0.5) is 11.4 Å². The predicted octanol–water partition coefficient (Wildman–Crippen LogP) is 1.95. The Hall–Kier alpha value is -2.36. The average molecular weight is 210 g/mol. The lowest BCUT2D eigenvalue weighted by molar-refractivity contribution is 1.12. The van der Waals surface area contributed by atoms with Crippen molar-refractivity contribution >= 4 is 33.2 Å². The van der Waals surface area contributed by atoms with Crippen molar-refractivity contribution in [1.29, 1.82) is 0 Å². The van der Waals surface area contributed by atoms with Crippen molar-refractivity contribution in [3.8, 4) is 0 Å². The van der Waals surface area contributed by atoms with Crippen LogP contribution in [0.15, 0.2) is 36.4 Å². The van der Waals surface area contributed by atoms with Gasteiger partial charge >= 0.3 is 0 Å². The van der Waals surface area contributed by atoms with E-state index < -0.39 is 0 Å². The highest BCUT2D eigenvalue weighted by molar-refractivity contribution is 6.06. The molecule has 0 saturated heterocycles. The summed E-state index contributed by atoms with van der Waals surface area (Å²) >= 11 is 0. The van der Waals surface area contributed by atoms with Crippen molar-refractivity contribution in [2.45, 2.75) is 0 Å². The van der Waals surface area contributed by atoms with E-state index in [9.17, 15) is 0 Å². The summed E-state index contributed by atoms with van der Waals surface area (Å²) in [5.74, 6) is 0. The molecule has 0 fully saturated rings. The lowest BCUT2D eigenvalue weighted by Crippen LogP contribution is -1.96. The lowest BCUT2D eigenvalue weighted by Gasteiger charge is -2.05. The van der Waals surface area contributed by atoms with Gasteiger partial charge in [0, 0.05) is 10.8 Å². The van der Waals surface area contributed by atoms with Gasteiger partial charge < -0.3 is 11.5 Å². The molecule has 0 amide bonds. The molecule has 3 aromatic rings. The molecule has 4 N–H and O–H groups in total. The van der Waals surface area contributed by atoms with Crippen molar-refractivity contribution in [3.63, 3.8) is 0 Å². The molecule has 2 aromatic carbocycles. The summed E-state index contributed by atoms with van der Waals surface area (Å²) in [7, 11) is 0. The van der Waals surface area contributed by atoms with Gasteiger partial charge in [-0.25, -0.2) is 0 Å². The first-order valence-electron chi connectivity index (χ1n) is 4.96. The number of benzene rings is 2. The number of anilines is 2. The van der Waals surface area contributed by atoms with E-state index in [1.807, 2.05) is 30.3 Å². The van der Waals surface area contributed by atoms with Gasteiger partial charge in [0.2, 0.25) is 0 Å². The molecule has 0 aliphatic rings. The molecule has 4 heteroatoms. The van der Waals surface area contributed by atoms with Crippen LogP contribution in [0, 0.1) is 0 Å². The van der Waals surface area contributed by atoms with E-state index in [4.69, 9.17) is 11.5 Å². The molecule has 1 heterocycles. The van der Waals surface area contributed by atoms with E-state index in [0.29, 0.717) is 11.4 Å². The molecule has 16 heavy (non-hydrogen) atoms. The van der Waals surface area contributed by atoms with Gasteiger partial charge in [0.15, 0.2) is 0 Å². The number of nitrogens with zero attached hydrogens (tertiary/aromatic N) is 2. The van der Waals surface area contributed by atoms with E-state index in [1.54, 1.807) is 6.07 Å². The highest BCUT2D eigenvalue weighted by Gasteiger charge is 2.05. The van der Waals surface area contributed by atoms with Crippen LogP contribution in [0.5, 0.6) is 0 Å². The number of aromatic nitrogens is 2. The third-order valence-corrected chi connectivity index (χ3v) is 2.66. The maximum atomic E-state index is 5.80. The fourth-order valence-corrected chi connectivity index (χ4v) is 1.82. The monoisotopic (exact) mass is 210 g/mol. The van der Waals surface area contributed by atoms with Crippen LogP contribution in [-0.2, 0) is 0 Å². The summed E-state index contributed by atoms with van der Waals surface area (Å²) in [6.07, 6.45) is 0. The quantitative estimate of drug-likeness (QED) is 0.439. The summed E-state index contributed by atoms with van der Waals surface area (Å²) < 4.78 is 0. The number of hydrogen-bond donors (Lipinski definition) is 2. The van der Waals surface area contributed by atoms with Crippen LogP contribution in [0.25, 0.3) is 21.8 Å². The highest BCUT2D eigenvalue weighted by Crippen LogP contribution is 2.27. The van der Waals surface area contributed by atoms with Gasteiger partial charge in [-0.2, -0.15) is 0 Å². The number of nitrogen functional groups attached to an aromatic ring is 2. The predicted molar refractivity (Wildman–Crippen MR) is 65.9 cm³/mol. The van der Waals surface area contributed by atoms with Crippen molar-refractivity contribution in [2.24, 2.45) is 0 Å². The normalized spacial score (nSPS) is 11.0. The molecular weight excluding hydrogens is 200 g/mol. The van der Waals surface area contributed by atoms with E-state index in [1.165, 1.54) is 0 Å². The lowest BCUT2D eigenvalue weighted by atomic mass is 10.1. The number of fused-ring (bicyclic) bond motifs is 3. The Morgan fingerprint density at radius 3 is 2.31 bits per heavy atom. The van der Waals surface area contributed by atoms with Gasteiger partial charge in [0.1, 0.15) is 0 Å². The van der Waals surface area contributed by atoms with Crippen LogP contribution in [-0.4, -0.2) is 10.2 Å². The Morgan fingerprint density at radius 2 is 1.44 bits per heavy atom. The van der Waals surface area contributed by atoms with Crippen LogP contribution in [0.1, 0.15) is 0 Å². The van der Waals surface area contributed by atoms with Crippen LogP contribution in [0.2, 0.25) is 0 Å². The van der Waals surface area contributed by atoms with E-state index in [2.05, 4.69) is 10.2 Å². The third-order valence-electron chi connectivity index (χ3n) is 2.66. The summed E-state index contributed by atoms with van der Waals surface area (Å²) in [5, 5.41) is 10.3. The Labute approximate surface area is 91.9 Å². The van der Waals surface area contributed by atoms with Crippen LogP contribution in [0.3, 0.4) is 0 Å². The Morgan fingerprint density at radius 1 is 0.750 bits per heavy atom. The van der Waals surface area contributed by atoms with Crippen molar-refractivity contribution in [2.75, 3.05) is 11.5 Å². The smallest absolute Gasteiger partial charge is 0.0958 e. The van der Waals surface area contributed by atoms with Gasteiger partial charge in [-0.1, -0.05) is 18.2 Å². The Bertz CT molecular complexity index is 691. The molecule has 0 radical (unpaired) electrons. The van der Waals surface area contributed by atoms with Crippen molar-refractivity contribution < 1.29 is 0 Å². The minimum absolute atomic E-state index is 0.539. The maximum absolute atomic E-state index is 5.80. The molecule has 0 aliphatic heterocycles. The first-order chi connectivity index (χ1) is 7.75. The molecule has 0 aliphatic carbocycles. The van der Waals surface area contributed by atoms with Gasteiger partial charge in [-0.05, 0) is 18.2 Å². The zero-order chi connectivity index (χ0) is 11.1. The van der Waals surface area contributed by atoms with E-state index >= 15 is 0 Å². The summed E-state index contributed by atoms with van der Waals surface area (Å²) in [4.78, 5) is 0. The second-order valence-corrected chi connectivity index (χ2v) is 3.72. The SMILES string of the molecule is Nc1cc2nnc3ccccc3c2cc1N. The number of nitrogens with two attached hydrogens (primary N) is 2. The average Bonchev–Trinajstić information content (AvgIpc) is 2.31. The molecule has 0 atom stereocenters. The van der Waals surface area contributed by atoms with Gasteiger partial charge in [-0.15, -0.1) is 10.2 Å². The molecular formula is C12H10N4. The van der Waals surface area contributed by atoms with Crippen LogP contribution >= 0.6 is 0 Å². The molecule has 4 nitrogen and oxygen atoms in total. The van der Waals surface area contributed by atoms with E-state index in [-0.39, 0.29) is 0 Å². The third kappa shape index (κ3) is 1.16. The maximum Gasteiger partial charge on any atom is 0.0958 e. The zero-order valence-corrected chi connectivity index (χ0v) is 8.51. The standard InChI is InChI=1S/C12H10N4/c13-9-5-8-7-3-1-2-4-11(7)15-16-12(8)6-10(9)14/h1-6H,13-14H2. The van der Waals surface area contributed by atoms with E-state index in [0.717, 1.165) is 21.8 Å². The molecule has 3 rings (SSSR count). The molecule has 1 aromatic heterocycles. The fraction of sp³-hybridized carbons (Fsp3) is 0. The molecule has 0 saturated carbocycles. The number of rotatable bonds is 0. The largest absolute Gasteiger partial charge is 0.397 e. The first-order valence-corrected chi connectivity index (χ1v) is 4.96. The second-order valence-electron chi connectivity index (χ2n) is 3.72. The van der Waals surface area contributed by atoms with Gasteiger partial charge in [0.05, 0.1) is 22.4 Å². The zero-order valence-electron chi connectivity index (χ0n) is 8.51. The van der Waals surface area contributed by atoms with Gasteiger partial charge in [-0.3, -0.25) is 0 Å². The minimum Gasteiger partial charge on any atom is -0.397 e. The fourth-order valence-electron chi connectivity index (χ4n) is 1.82. The first kappa shape index (κ1) is 8.91. The highest BCUT2D eigenvalue weighted by atomic mass is 15.1. The Kier molecular flexibility index (Phi) is 1.71. The van der Waals surface area contributed by atoms with Crippen LogP contribution < -0.4 is 11.5 Å². The summed E-state index contributed by atoms with van der Waals surface area (Å²) in [5.41, 5.74) is 14.3.